The standard InChI is InChI=1S/C17H20O5.Na.H/c18-9-15-17(21,16(20)14(19)10-22-15)8-11-6-12-4-2-1-3-5-13(12)7-11;;/h1-7,14-16,18-21H,8-10H2;;/q;+1;-1/t14?,15-,16-,17-;;/m1../s1. The summed E-state index contributed by atoms with van der Waals surface area (Å²) in [5, 5.41) is 40.2. The van der Waals surface area contributed by atoms with Gasteiger partial charge < -0.3 is 26.6 Å². The van der Waals surface area contributed by atoms with E-state index in [4.69, 9.17) is 4.74 Å². The molecule has 1 saturated heterocycles. The summed E-state index contributed by atoms with van der Waals surface area (Å²) in [6.45, 7) is -0.525. The molecule has 3 aliphatic rings. The summed E-state index contributed by atoms with van der Waals surface area (Å²) < 4.78 is 5.28. The molecule has 0 aromatic rings. The average Bonchev–Trinajstić information content (AvgIpc) is 2.73. The van der Waals surface area contributed by atoms with Crippen LogP contribution in [0.1, 0.15) is 6.99 Å². The Labute approximate surface area is 158 Å². The minimum Gasteiger partial charge on any atom is -1.00 e. The third-order valence-corrected chi connectivity index (χ3v) is 4.34. The molecule has 120 valence electrons. The molecule has 0 aromatic carbocycles. The van der Waals surface area contributed by atoms with Gasteiger partial charge in [-0.3, -0.25) is 0 Å². The van der Waals surface area contributed by atoms with Crippen molar-refractivity contribution >= 4 is 0 Å². The number of aliphatic hydroxyl groups is 4. The predicted octanol–water partition coefficient (Wildman–Crippen LogP) is -2.71. The number of hydrogen-bond donors (Lipinski definition) is 4. The van der Waals surface area contributed by atoms with E-state index in [1.165, 1.54) is 0 Å². The summed E-state index contributed by atoms with van der Waals surface area (Å²) in [5.74, 6) is 0. The maximum Gasteiger partial charge on any atom is 1.00 e. The van der Waals surface area contributed by atoms with Gasteiger partial charge in [0, 0.05) is 6.42 Å². The Kier molecular flexibility index (Phi) is 6.22. The van der Waals surface area contributed by atoms with Gasteiger partial charge in [-0.2, -0.15) is 0 Å². The summed E-state index contributed by atoms with van der Waals surface area (Å²) in [5.41, 5.74) is 1.14. The Bertz CT molecular complexity index is 593. The molecule has 4 N–H and O–H groups in total. The van der Waals surface area contributed by atoms with Crippen LogP contribution in [0.15, 0.2) is 42.5 Å². The van der Waals surface area contributed by atoms with E-state index in [1.54, 1.807) is 0 Å². The van der Waals surface area contributed by atoms with Gasteiger partial charge >= 0.3 is 29.6 Å². The molecular formula is C17H21NaO5. The molecule has 0 saturated carbocycles. The van der Waals surface area contributed by atoms with E-state index in [-0.39, 0.29) is 44.0 Å². The molecule has 0 amide bonds. The normalized spacial score (nSPS) is 30.9. The van der Waals surface area contributed by atoms with Crippen LogP contribution < -0.4 is 29.6 Å². The molecular weight excluding hydrogens is 307 g/mol. The van der Waals surface area contributed by atoms with Crippen LogP contribution in [0.3, 0.4) is 0 Å². The quantitative estimate of drug-likeness (QED) is 0.460. The molecule has 4 atom stereocenters. The van der Waals surface area contributed by atoms with Crippen molar-refractivity contribution < 1.29 is 56.1 Å². The smallest absolute Gasteiger partial charge is 1.00 e. The first-order chi connectivity index (χ1) is 10.5. The van der Waals surface area contributed by atoms with Gasteiger partial charge in [-0.15, -0.1) is 0 Å². The average molecular weight is 328 g/mol. The fourth-order valence-electron chi connectivity index (χ4n) is 3.11. The summed E-state index contributed by atoms with van der Waals surface area (Å²) in [4.78, 5) is 0. The second-order valence-electron chi connectivity index (χ2n) is 5.87. The number of fused-ring (bicyclic) bond motifs is 1. The van der Waals surface area contributed by atoms with Crippen molar-refractivity contribution in [3.63, 3.8) is 0 Å². The van der Waals surface area contributed by atoms with Crippen molar-refractivity contribution in [1.29, 1.82) is 0 Å². The monoisotopic (exact) mass is 328 g/mol. The van der Waals surface area contributed by atoms with Crippen LogP contribution in [0.25, 0.3) is 11.1 Å². The van der Waals surface area contributed by atoms with Crippen LogP contribution in [0.4, 0.5) is 0 Å². The van der Waals surface area contributed by atoms with Gasteiger partial charge in [-0.1, -0.05) is 42.5 Å². The predicted molar refractivity (Wildman–Crippen MR) is 81.7 cm³/mol. The molecule has 1 unspecified atom stereocenters. The molecule has 6 heteroatoms. The van der Waals surface area contributed by atoms with Crippen LogP contribution in [0, 0.1) is 0 Å². The Morgan fingerprint density at radius 1 is 1.13 bits per heavy atom. The third-order valence-electron chi connectivity index (χ3n) is 4.34. The first kappa shape index (κ1) is 18.8. The van der Waals surface area contributed by atoms with Crippen molar-refractivity contribution in [3.05, 3.63) is 48.0 Å². The molecule has 1 fully saturated rings. The van der Waals surface area contributed by atoms with Crippen LogP contribution in [-0.2, 0) is 11.2 Å². The Morgan fingerprint density at radius 2 is 1.74 bits per heavy atom. The number of ether oxygens (including phenoxy) is 1. The summed E-state index contributed by atoms with van der Waals surface area (Å²) in [6, 6.07) is 13.6. The van der Waals surface area contributed by atoms with Crippen LogP contribution in [0.2, 0.25) is 0 Å². The molecule has 23 heavy (non-hydrogen) atoms. The second-order valence-corrected chi connectivity index (χ2v) is 5.87. The second kappa shape index (κ2) is 7.59. The molecule has 3 rings (SSSR count). The number of aliphatic hydroxyl groups excluding tert-OH is 3. The molecule has 2 aliphatic carbocycles. The minimum absolute atomic E-state index is 0. The molecule has 0 aromatic heterocycles. The summed E-state index contributed by atoms with van der Waals surface area (Å²) >= 11 is 0. The van der Waals surface area contributed by atoms with E-state index in [0.29, 0.717) is 0 Å². The SMILES string of the molecule is OC[C@H]1OCC(O)[C@@H](O)[C@@]1(O)Cc1cc2cccccc-2c1.[H-].[Na+]. The van der Waals surface area contributed by atoms with E-state index >= 15 is 0 Å². The van der Waals surface area contributed by atoms with Crippen molar-refractivity contribution in [1.82, 2.24) is 0 Å². The van der Waals surface area contributed by atoms with Gasteiger partial charge in [0.25, 0.3) is 0 Å². The van der Waals surface area contributed by atoms with Gasteiger partial charge in [-0.05, 0) is 16.7 Å². The van der Waals surface area contributed by atoms with Gasteiger partial charge in [0.15, 0.2) is 0 Å². The Hall–Kier alpha value is -0.500. The number of hydrogen-bond acceptors (Lipinski definition) is 5. The maximum atomic E-state index is 10.8. The summed E-state index contributed by atoms with van der Waals surface area (Å²) in [6.07, 6.45) is -3.38. The van der Waals surface area contributed by atoms with Crippen LogP contribution in [0.5, 0.6) is 0 Å². The van der Waals surface area contributed by atoms with E-state index in [2.05, 4.69) is 0 Å². The Morgan fingerprint density at radius 3 is 2.30 bits per heavy atom. The zero-order valence-corrected chi connectivity index (χ0v) is 15.1. The zero-order valence-electron chi connectivity index (χ0n) is 14.1. The molecule has 0 bridgehead atoms. The zero-order chi connectivity index (χ0) is 15.7. The van der Waals surface area contributed by atoms with E-state index in [1.807, 2.05) is 42.5 Å². The van der Waals surface area contributed by atoms with Crippen molar-refractivity contribution in [3.8, 4) is 11.1 Å². The topological polar surface area (TPSA) is 90.2 Å². The first-order valence-corrected chi connectivity index (χ1v) is 7.33. The minimum atomic E-state index is -1.72. The third kappa shape index (κ3) is 3.62. The van der Waals surface area contributed by atoms with E-state index < -0.39 is 30.5 Å². The van der Waals surface area contributed by atoms with Crippen molar-refractivity contribution in [2.75, 3.05) is 13.2 Å². The van der Waals surface area contributed by atoms with E-state index in [0.717, 1.165) is 16.7 Å². The molecule has 1 heterocycles. The molecule has 5 nitrogen and oxygen atoms in total. The number of rotatable bonds is 3. The van der Waals surface area contributed by atoms with Crippen LogP contribution >= 0.6 is 0 Å². The fourth-order valence-corrected chi connectivity index (χ4v) is 3.11. The van der Waals surface area contributed by atoms with E-state index in [9.17, 15) is 20.4 Å². The van der Waals surface area contributed by atoms with Gasteiger partial charge in [0.2, 0.25) is 0 Å². The molecule has 0 radical (unpaired) electrons. The summed E-state index contributed by atoms with van der Waals surface area (Å²) in [7, 11) is 0. The molecule has 1 aliphatic heterocycles. The first-order valence-electron chi connectivity index (χ1n) is 7.33. The largest absolute Gasteiger partial charge is 1.00 e. The van der Waals surface area contributed by atoms with Crippen molar-refractivity contribution in [2.45, 2.75) is 30.3 Å². The van der Waals surface area contributed by atoms with Gasteiger partial charge in [0.05, 0.1) is 13.2 Å². The van der Waals surface area contributed by atoms with Gasteiger partial charge in [-0.25, -0.2) is 0 Å². The Balaban J connectivity index is 0.00000144. The fraction of sp³-hybridized carbons (Fsp3) is 0.412. The maximum absolute atomic E-state index is 10.8. The van der Waals surface area contributed by atoms with Gasteiger partial charge in [0.1, 0.15) is 23.9 Å². The van der Waals surface area contributed by atoms with Crippen molar-refractivity contribution in [2.24, 2.45) is 0 Å². The van der Waals surface area contributed by atoms with Crippen LogP contribution in [-0.4, -0.2) is 57.6 Å². The molecule has 0 spiro atoms.